The van der Waals surface area contributed by atoms with E-state index in [1.54, 1.807) is 6.92 Å². The molecule has 0 radical (unpaired) electrons. The van der Waals surface area contributed by atoms with Crippen molar-refractivity contribution in [3.63, 3.8) is 0 Å². The molecule has 14 nitrogen and oxygen atoms in total. The molecule has 292 valence electrons. The molecule has 3 aliphatic rings. The average Bonchev–Trinajstić information content (AvgIpc) is 3.19. The van der Waals surface area contributed by atoms with Crippen LogP contribution < -0.4 is 21.5 Å². The Labute approximate surface area is 324 Å². The van der Waals surface area contributed by atoms with Crippen molar-refractivity contribution >= 4 is 28.7 Å². The summed E-state index contributed by atoms with van der Waals surface area (Å²) in [4.78, 5) is 65.7. The Morgan fingerprint density at radius 3 is 2.21 bits per heavy atom. The number of fused-ring (bicyclic) bond motifs is 3. The van der Waals surface area contributed by atoms with Gasteiger partial charge < -0.3 is 45.6 Å². The molecule has 7 N–H and O–H groups in total. The molecule has 0 bridgehead atoms. The summed E-state index contributed by atoms with van der Waals surface area (Å²) in [6, 6.07) is 20.4. The first kappa shape index (κ1) is 37.7. The van der Waals surface area contributed by atoms with Gasteiger partial charge in [-0.15, -0.1) is 0 Å². The number of hydrogen-bond donors (Lipinski definition) is 7. The zero-order valence-electron chi connectivity index (χ0n) is 30.7. The minimum Gasteiger partial charge on any atom is -0.507 e. The Balaban J connectivity index is 1.06. The van der Waals surface area contributed by atoms with E-state index in [0.717, 1.165) is 23.6 Å². The van der Waals surface area contributed by atoms with E-state index in [-0.39, 0.29) is 46.6 Å². The number of Topliss-reactive ketones (excluding diaryl/α,β-unsaturated/α-hetero) is 1. The monoisotopic (exact) mass is 774 g/mol. The van der Waals surface area contributed by atoms with E-state index >= 15 is 0 Å². The highest BCUT2D eigenvalue weighted by atomic mass is 16.7. The summed E-state index contributed by atoms with van der Waals surface area (Å²) in [5.74, 6) is -4.48. The second kappa shape index (κ2) is 14.1. The molecule has 0 spiro atoms. The van der Waals surface area contributed by atoms with Gasteiger partial charge in [-0.2, -0.15) is 0 Å². The second-order valence-electron chi connectivity index (χ2n) is 14.9. The van der Waals surface area contributed by atoms with Gasteiger partial charge in [0.2, 0.25) is 5.78 Å². The molecule has 1 aliphatic heterocycles. The van der Waals surface area contributed by atoms with Gasteiger partial charge in [0.1, 0.15) is 40.3 Å². The normalized spacial score (nSPS) is 24.0. The van der Waals surface area contributed by atoms with Gasteiger partial charge in [0.05, 0.1) is 34.9 Å². The fourth-order valence-corrected chi connectivity index (χ4v) is 8.13. The van der Waals surface area contributed by atoms with Crippen molar-refractivity contribution in [3.05, 3.63) is 132 Å². The topological polar surface area (TPSA) is 229 Å². The largest absolute Gasteiger partial charge is 0.507 e. The number of phenols is 3. The third-order valence-corrected chi connectivity index (χ3v) is 11.3. The molecule has 0 aromatic heterocycles. The van der Waals surface area contributed by atoms with Crippen LogP contribution in [0.25, 0.3) is 11.1 Å². The molecule has 1 heterocycles. The Hall–Kier alpha value is -6.19. The van der Waals surface area contributed by atoms with Crippen LogP contribution in [0.4, 0.5) is 11.4 Å². The van der Waals surface area contributed by atoms with Crippen LogP contribution >= 0.6 is 0 Å². The number of aliphatic hydroxyl groups excluding tert-OH is 1. The van der Waals surface area contributed by atoms with E-state index in [1.165, 1.54) is 18.2 Å². The van der Waals surface area contributed by atoms with E-state index in [0.29, 0.717) is 0 Å². The first-order chi connectivity index (χ1) is 27.2. The van der Waals surface area contributed by atoms with Crippen molar-refractivity contribution in [2.45, 2.75) is 75.9 Å². The van der Waals surface area contributed by atoms with Gasteiger partial charge >= 0.3 is 0 Å². The van der Waals surface area contributed by atoms with Crippen LogP contribution in [0.3, 0.4) is 0 Å². The molecule has 0 saturated carbocycles. The Morgan fingerprint density at radius 2 is 1.51 bits per heavy atom. The lowest BCUT2D eigenvalue weighted by Gasteiger charge is -2.43. The van der Waals surface area contributed by atoms with Crippen molar-refractivity contribution in [3.8, 4) is 28.4 Å². The number of carbonyl (C=O) groups is 3. The van der Waals surface area contributed by atoms with Gasteiger partial charge in [0.15, 0.2) is 17.9 Å². The van der Waals surface area contributed by atoms with Gasteiger partial charge in [-0.1, -0.05) is 66.7 Å². The van der Waals surface area contributed by atoms with Crippen molar-refractivity contribution in [2.24, 2.45) is 0 Å². The van der Waals surface area contributed by atoms with Crippen LogP contribution in [0.1, 0.15) is 81.3 Å². The average molecular weight is 775 g/mol. The third-order valence-electron chi connectivity index (χ3n) is 11.3. The Kier molecular flexibility index (Phi) is 9.32. The number of nitrogens with one attached hydrogen (secondary N) is 2. The maximum absolute atomic E-state index is 13.7. The number of benzene rings is 4. The predicted molar refractivity (Wildman–Crippen MR) is 205 cm³/mol. The van der Waals surface area contributed by atoms with Gasteiger partial charge in [-0.25, -0.2) is 0 Å². The zero-order valence-corrected chi connectivity index (χ0v) is 30.7. The number of carbonyl (C=O) groups excluding carboxylic acids is 3. The highest BCUT2D eigenvalue weighted by Gasteiger charge is 2.49. The summed E-state index contributed by atoms with van der Waals surface area (Å²) in [5, 5.41) is 62.4. The molecule has 6 atom stereocenters. The predicted octanol–water partition coefficient (Wildman–Crippen LogP) is 3.75. The molecule has 14 heteroatoms. The number of ketones is 3. The van der Waals surface area contributed by atoms with Gasteiger partial charge in [-0.05, 0) is 36.6 Å². The van der Waals surface area contributed by atoms with E-state index in [2.05, 4.69) is 10.6 Å². The molecule has 57 heavy (non-hydrogen) atoms. The van der Waals surface area contributed by atoms with Crippen LogP contribution in [0.5, 0.6) is 17.2 Å². The quantitative estimate of drug-likeness (QED) is 0.0820. The van der Waals surface area contributed by atoms with Crippen LogP contribution in [-0.2, 0) is 27.2 Å². The number of anilines is 2. The molecule has 8 rings (SSSR count). The standard InChI is InChI=1S/C43H38N2O12/c1-19-36(48)26(45-35-34(41(53)42(35)54)44-18-21-11-13-23(14-12-21)22-7-4-3-5-8-22)15-29(56-19)57-28-17-43(55,20(2)46)16-25-31(28)40(52)33-32(38(25)50)37(49)24-9-6-10-27(47)30(24)39(33)51/h3-14,19,26,28-29,36,44-45,47-48,50,52,55H,15-18H2,1-2H3/t19-,26-,28-,29-,36+,43-/m0/s1. The first-order valence-corrected chi connectivity index (χ1v) is 18.4. The van der Waals surface area contributed by atoms with Crippen LogP contribution in [0.2, 0.25) is 0 Å². The lowest BCUT2D eigenvalue weighted by molar-refractivity contribution is -0.245. The van der Waals surface area contributed by atoms with Crippen molar-refractivity contribution in [2.75, 3.05) is 10.6 Å². The van der Waals surface area contributed by atoms with Gasteiger partial charge in [-0.3, -0.25) is 24.0 Å². The summed E-state index contributed by atoms with van der Waals surface area (Å²) in [7, 11) is 0. The molecule has 5 aromatic rings. The van der Waals surface area contributed by atoms with Crippen LogP contribution in [0.15, 0.2) is 82.4 Å². The molecule has 2 aliphatic carbocycles. The van der Waals surface area contributed by atoms with Crippen LogP contribution in [0, 0.1) is 0 Å². The molecule has 0 unspecified atom stereocenters. The number of phenolic OH excluding ortho intramolecular Hbond substituents is 3. The van der Waals surface area contributed by atoms with Gasteiger partial charge in [0, 0.05) is 42.5 Å². The lowest BCUT2D eigenvalue weighted by Crippen LogP contribution is -2.53. The number of hydrogen-bond acceptors (Lipinski definition) is 14. The third kappa shape index (κ3) is 6.26. The van der Waals surface area contributed by atoms with Gasteiger partial charge in [0.25, 0.3) is 10.9 Å². The molecule has 5 aromatic carbocycles. The fraction of sp³-hybridized carbons (Fsp3) is 0.279. The fourth-order valence-electron chi connectivity index (χ4n) is 8.13. The van der Waals surface area contributed by atoms with Crippen LogP contribution in [-0.4, -0.2) is 73.0 Å². The zero-order chi connectivity index (χ0) is 40.5. The molecular formula is C43H38N2O12. The number of rotatable bonds is 9. The molecular weight excluding hydrogens is 736 g/mol. The summed E-state index contributed by atoms with van der Waals surface area (Å²) in [6.45, 7) is 2.91. The highest BCUT2D eigenvalue weighted by Crippen LogP contribution is 2.52. The number of aliphatic hydroxyl groups is 2. The van der Waals surface area contributed by atoms with Crippen molar-refractivity contribution in [1.82, 2.24) is 0 Å². The summed E-state index contributed by atoms with van der Waals surface area (Å²) < 4.78 is 12.3. The lowest BCUT2D eigenvalue weighted by atomic mass is 9.72. The Morgan fingerprint density at radius 1 is 0.842 bits per heavy atom. The van der Waals surface area contributed by atoms with E-state index < -0.39 is 106 Å². The minimum atomic E-state index is -2.14. The summed E-state index contributed by atoms with van der Waals surface area (Å²) >= 11 is 0. The first-order valence-electron chi connectivity index (χ1n) is 18.4. The molecule has 0 amide bonds. The van der Waals surface area contributed by atoms with Crippen molar-refractivity contribution < 1.29 is 49.4 Å². The Bertz CT molecular complexity index is 2540. The minimum absolute atomic E-state index is 0.0346. The summed E-state index contributed by atoms with van der Waals surface area (Å²) in [5.41, 5.74) is -2.79. The van der Waals surface area contributed by atoms with Crippen molar-refractivity contribution in [1.29, 1.82) is 0 Å². The summed E-state index contributed by atoms with van der Waals surface area (Å²) in [6.07, 6.45) is -5.92. The second-order valence-corrected chi connectivity index (χ2v) is 14.9. The van der Waals surface area contributed by atoms with E-state index in [1.807, 2.05) is 54.6 Å². The maximum atomic E-state index is 13.7. The SMILES string of the molecule is CC(=O)[C@]1(O)Cc2c(O)c3c(c(O)c2[C@@H](O[C@H]2C[C@H](Nc4c(NCc5ccc(-c6ccccc6)cc5)c(=O)c4=O)[C@H](O)[C@H](C)O2)C1)C(=O)c1c(O)cccc1C3=O. The number of aromatic hydroxyl groups is 3. The highest BCUT2D eigenvalue weighted by molar-refractivity contribution is 6.31. The molecule has 1 fully saturated rings. The number of ether oxygens (including phenoxy) is 2. The molecule has 1 saturated heterocycles. The maximum Gasteiger partial charge on any atom is 0.253 e. The van der Waals surface area contributed by atoms with E-state index in [4.69, 9.17) is 9.47 Å². The smallest absolute Gasteiger partial charge is 0.253 e. The van der Waals surface area contributed by atoms with E-state index in [9.17, 15) is 49.5 Å².